The maximum atomic E-state index is 10.9. The van der Waals surface area contributed by atoms with Gasteiger partial charge in [0.15, 0.2) is 0 Å². The summed E-state index contributed by atoms with van der Waals surface area (Å²) in [5.41, 5.74) is 1.81. The van der Waals surface area contributed by atoms with Crippen LogP contribution in [0.4, 0.5) is 11.4 Å². The van der Waals surface area contributed by atoms with Crippen LogP contribution in [0.1, 0.15) is 11.1 Å². The van der Waals surface area contributed by atoms with Gasteiger partial charge < -0.3 is 15.4 Å². The summed E-state index contributed by atoms with van der Waals surface area (Å²) in [6.45, 7) is 0.842. The zero-order chi connectivity index (χ0) is 18.7. The second-order valence-corrected chi connectivity index (χ2v) is 5.84. The van der Waals surface area contributed by atoms with Gasteiger partial charge in [0.25, 0.3) is 11.4 Å². The SMILES string of the molecule is O=[N+]([O-])c1cc(CNCCc2c[nH]c3ccc(O)cc23)cc([N+](=O)[O-])c1. The number of hydrogen-bond acceptors (Lipinski definition) is 6. The summed E-state index contributed by atoms with van der Waals surface area (Å²) in [7, 11) is 0. The van der Waals surface area contributed by atoms with Crippen LogP contribution in [0, 0.1) is 20.2 Å². The van der Waals surface area contributed by atoms with E-state index in [1.54, 1.807) is 18.2 Å². The number of rotatable bonds is 7. The monoisotopic (exact) mass is 356 g/mol. The maximum Gasteiger partial charge on any atom is 0.276 e. The van der Waals surface area contributed by atoms with Gasteiger partial charge in [-0.3, -0.25) is 20.2 Å². The van der Waals surface area contributed by atoms with Crippen LogP contribution in [-0.4, -0.2) is 26.5 Å². The van der Waals surface area contributed by atoms with Crippen molar-refractivity contribution in [1.29, 1.82) is 0 Å². The first kappa shape index (κ1) is 17.4. The Bertz CT molecular complexity index is 950. The van der Waals surface area contributed by atoms with Gasteiger partial charge >= 0.3 is 0 Å². The van der Waals surface area contributed by atoms with Crippen molar-refractivity contribution in [2.75, 3.05) is 6.54 Å². The van der Waals surface area contributed by atoms with Gasteiger partial charge in [-0.1, -0.05) is 0 Å². The zero-order valence-electron chi connectivity index (χ0n) is 13.6. The summed E-state index contributed by atoms with van der Waals surface area (Å²) < 4.78 is 0. The van der Waals surface area contributed by atoms with Crippen molar-refractivity contribution >= 4 is 22.3 Å². The highest BCUT2D eigenvalue weighted by Crippen LogP contribution is 2.24. The Morgan fingerprint density at radius 2 is 1.73 bits per heavy atom. The Labute approximate surface area is 147 Å². The number of nitro benzene ring substituents is 2. The van der Waals surface area contributed by atoms with Crippen molar-refractivity contribution < 1.29 is 15.0 Å². The van der Waals surface area contributed by atoms with E-state index in [1.165, 1.54) is 12.1 Å². The van der Waals surface area contributed by atoms with E-state index in [1.807, 2.05) is 6.20 Å². The van der Waals surface area contributed by atoms with Crippen LogP contribution in [0.25, 0.3) is 10.9 Å². The third-order valence-corrected chi connectivity index (χ3v) is 4.04. The quantitative estimate of drug-likeness (QED) is 0.338. The molecule has 0 aliphatic heterocycles. The molecule has 3 rings (SSSR count). The topological polar surface area (TPSA) is 134 Å². The fourth-order valence-electron chi connectivity index (χ4n) is 2.80. The molecule has 0 radical (unpaired) electrons. The number of fused-ring (bicyclic) bond motifs is 1. The van der Waals surface area contributed by atoms with Crippen LogP contribution in [-0.2, 0) is 13.0 Å². The number of non-ortho nitro benzene ring substituents is 2. The van der Waals surface area contributed by atoms with Gasteiger partial charge in [-0.15, -0.1) is 0 Å². The molecule has 134 valence electrons. The normalized spacial score (nSPS) is 10.9. The Hall–Kier alpha value is -3.46. The Morgan fingerprint density at radius 1 is 1.04 bits per heavy atom. The van der Waals surface area contributed by atoms with Crippen molar-refractivity contribution in [2.24, 2.45) is 0 Å². The molecule has 0 spiro atoms. The molecule has 0 aliphatic rings. The fourth-order valence-corrected chi connectivity index (χ4v) is 2.80. The van der Waals surface area contributed by atoms with Crippen molar-refractivity contribution in [3.05, 3.63) is 74.0 Å². The van der Waals surface area contributed by atoms with Crippen LogP contribution in [0.5, 0.6) is 5.75 Å². The molecular formula is C17H16N4O5. The van der Waals surface area contributed by atoms with Crippen molar-refractivity contribution in [3.8, 4) is 5.75 Å². The van der Waals surface area contributed by atoms with Gasteiger partial charge in [0.05, 0.1) is 15.9 Å². The number of hydrogen-bond donors (Lipinski definition) is 3. The minimum absolute atomic E-state index is 0.190. The van der Waals surface area contributed by atoms with E-state index in [-0.39, 0.29) is 23.7 Å². The molecule has 0 bridgehead atoms. The third kappa shape index (κ3) is 3.78. The van der Waals surface area contributed by atoms with E-state index in [9.17, 15) is 25.3 Å². The second kappa shape index (κ2) is 7.19. The first-order valence-corrected chi connectivity index (χ1v) is 7.86. The highest BCUT2D eigenvalue weighted by atomic mass is 16.6. The molecule has 3 N–H and O–H groups in total. The maximum absolute atomic E-state index is 10.9. The molecule has 0 aliphatic carbocycles. The van der Waals surface area contributed by atoms with Crippen LogP contribution in [0.3, 0.4) is 0 Å². The van der Waals surface area contributed by atoms with Crippen LogP contribution >= 0.6 is 0 Å². The van der Waals surface area contributed by atoms with E-state index >= 15 is 0 Å². The lowest BCUT2D eigenvalue weighted by Gasteiger charge is -2.05. The highest BCUT2D eigenvalue weighted by Gasteiger charge is 2.16. The van der Waals surface area contributed by atoms with E-state index < -0.39 is 9.85 Å². The van der Waals surface area contributed by atoms with E-state index in [4.69, 9.17) is 0 Å². The van der Waals surface area contributed by atoms with Crippen LogP contribution in [0.15, 0.2) is 42.6 Å². The van der Waals surface area contributed by atoms with Gasteiger partial charge in [0.1, 0.15) is 5.75 Å². The number of nitro groups is 2. The number of H-pyrrole nitrogens is 1. The van der Waals surface area contributed by atoms with Crippen molar-refractivity contribution in [2.45, 2.75) is 13.0 Å². The zero-order valence-corrected chi connectivity index (χ0v) is 13.6. The molecule has 0 atom stereocenters. The smallest absolute Gasteiger partial charge is 0.276 e. The third-order valence-electron chi connectivity index (χ3n) is 4.04. The predicted molar refractivity (Wildman–Crippen MR) is 95.1 cm³/mol. The molecule has 0 saturated heterocycles. The minimum Gasteiger partial charge on any atom is -0.508 e. The van der Waals surface area contributed by atoms with Gasteiger partial charge in [-0.05, 0) is 42.3 Å². The molecule has 0 amide bonds. The second-order valence-electron chi connectivity index (χ2n) is 5.84. The summed E-state index contributed by atoms with van der Waals surface area (Å²) in [4.78, 5) is 23.6. The summed E-state index contributed by atoms with van der Waals surface area (Å²) in [5.74, 6) is 0.190. The molecule has 9 heteroatoms. The number of aromatic amines is 1. The number of nitrogens with zero attached hydrogens (tertiary/aromatic N) is 2. The summed E-state index contributed by atoms with van der Waals surface area (Å²) in [6, 6.07) is 8.68. The fraction of sp³-hybridized carbons (Fsp3) is 0.176. The lowest BCUT2D eigenvalue weighted by atomic mass is 10.1. The molecule has 9 nitrogen and oxygen atoms in total. The average molecular weight is 356 g/mol. The molecule has 0 fully saturated rings. The molecule has 3 aromatic rings. The lowest BCUT2D eigenvalue weighted by Crippen LogP contribution is -2.16. The standard InChI is InChI=1S/C17H16N4O5/c22-15-1-2-17-16(8-15)12(10-19-17)3-4-18-9-11-5-13(20(23)24)7-14(6-11)21(25)26/h1-2,5-8,10,18-19,22H,3-4,9H2. The summed E-state index contributed by atoms with van der Waals surface area (Å²) >= 11 is 0. The van der Waals surface area contributed by atoms with E-state index in [2.05, 4.69) is 10.3 Å². The largest absolute Gasteiger partial charge is 0.508 e. The molecule has 2 aromatic carbocycles. The Balaban J connectivity index is 1.65. The van der Waals surface area contributed by atoms with Crippen molar-refractivity contribution in [1.82, 2.24) is 10.3 Å². The predicted octanol–water partition coefficient (Wildman–Crippen LogP) is 3.02. The molecule has 0 saturated carbocycles. The molecule has 26 heavy (non-hydrogen) atoms. The molecule has 1 heterocycles. The summed E-state index contributed by atoms with van der Waals surface area (Å²) in [5, 5.41) is 35.5. The summed E-state index contributed by atoms with van der Waals surface area (Å²) in [6.07, 6.45) is 2.53. The Morgan fingerprint density at radius 3 is 2.38 bits per heavy atom. The molecule has 1 aromatic heterocycles. The first-order valence-electron chi connectivity index (χ1n) is 7.86. The molecule has 0 unspecified atom stereocenters. The highest BCUT2D eigenvalue weighted by molar-refractivity contribution is 5.84. The number of benzene rings is 2. The van der Waals surface area contributed by atoms with Gasteiger partial charge in [0.2, 0.25) is 0 Å². The first-order chi connectivity index (χ1) is 12.4. The van der Waals surface area contributed by atoms with E-state index in [0.29, 0.717) is 18.5 Å². The lowest BCUT2D eigenvalue weighted by molar-refractivity contribution is -0.394. The number of nitrogens with one attached hydrogen (secondary N) is 2. The van der Waals surface area contributed by atoms with E-state index in [0.717, 1.165) is 22.5 Å². The number of aromatic nitrogens is 1. The van der Waals surface area contributed by atoms with Gasteiger partial charge in [-0.25, -0.2) is 0 Å². The van der Waals surface area contributed by atoms with Gasteiger partial charge in [-0.2, -0.15) is 0 Å². The Kier molecular flexibility index (Phi) is 4.81. The number of phenolic OH excluding ortho intramolecular Hbond substituents is 1. The van der Waals surface area contributed by atoms with Crippen LogP contribution in [0.2, 0.25) is 0 Å². The van der Waals surface area contributed by atoms with Crippen molar-refractivity contribution in [3.63, 3.8) is 0 Å². The van der Waals surface area contributed by atoms with Gasteiger partial charge in [0, 0.05) is 35.8 Å². The average Bonchev–Trinajstić information content (AvgIpc) is 3.00. The molecular weight excluding hydrogens is 340 g/mol. The number of phenols is 1. The van der Waals surface area contributed by atoms with Crippen LogP contribution < -0.4 is 5.32 Å². The minimum atomic E-state index is -0.644. The number of aromatic hydroxyl groups is 1.